The molecule has 2 aromatic rings. The molecule has 3 nitrogen and oxygen atoms in total. The Bertz CT molecular complexity index is 603. The van der Waals surface area contributed by atoms with Crippen molar-refractivity contribution in [3.05, 3.63) is 34.5 Å². The molecular weight excluding hydrogens is 259 g/mol. The monoisotopic (exact) mass is 263 g/mol. The molecule has 2 rings (SSSR count). The van der Waals surface area contributed by atoms with Gasteiger partial charge in [0.2, 0.25) is 0 Å². The van der Waals surface area contributed by atoms with Crippen molar-refractivity contribution in [3.63, 3.8) is 0 Å². The number of rotatable bonds is 1. The van der Waals surface area contributed by atoms with Gasteiger partial charge in [0.05, 0.1) is 10.6 Å². The average Bonchev–Trinajstić information content (AvgIpc) is 2.57. The molecule has 0 aliphatic carbocycles. The molecule has 0 saturated carbocycles. The third kappa shape index (κ3) is 2.08. The summed E-state index contributed by atoms with van der Waals surface area (Å²) in [6.45, 7) is 0. The number of halogens is 4. The van der Waals surface area contributed by atoms with Crippen LogP contribution in [0.15, 0.2) is 18.2 Å². The van der Waals surface area contributed by atoms with Crippen LogP contribution >= 0.6 is 11.6 Å². The Hall–Kier alpha value is -1.69. The summed E-state index contributed by atoms with van der Waals surface area (Å²) >= 11 is 5.50. The molecule has 0 aliphatic rings. The molecule has 0 unspecified atom stereocenters. The number of carboxylic acid groups (broad SMARTS) is 1. The van der Waals surface area contributed by atoms with Gasteiger partial charge in [0.1, 0.15) is 5.69 Å². The lowest BCUT2D eigenvalue weighted by molar-refractivity contribution is -0.137. The number of carboxylic acids is 1. The molecule has 0 spiro atoms. The van der Waals surface area contributed by atoms with Crippen LogP contribution in [0.2, 0.25) is 5.02 Å². The van der Waals surface area contributed by atoms with Crippen LogP contribution in [-0.2, 0) is 6.18 Å². The maximum atomic E-state index is 12.5. The molecule has 0 radical (unpaired) electrons. The largest absolute Gasteiger partial charge is 0.477 e. The summed E-state index contributed by atoms with van der Waals surface area (Å²) in [5.74, 6) is -1.24. The van der Waals surface area contributed by atoms with Crippen LogP contribution in [-0.4, -0.2) is 16.1 Å². The Morgan fingerprint density at radius 3 is 2.47 bits per heavy atom. The number of aromatic carboxylic acids is 1. The van der Waals surface area contributed by atoms with Gasteiger partial charge in [-0.2, -0.15) is 13.2 Å². The Morgan fingerprint density at radius 2 is 1.94 bits per heavy atom. The first-order chi connectivity index (χ1) is 7.79. The lowest BCUT2D eigenvalue weighted by Gasteiger charge is -2.08. The summed E-state index contributed by atoms with van der Waals surface area (Å²) in [7, 11) is 0. The zero-order valence-corrected chi connectivity index (χ0v) is 8.86. The highest BCUT2D eigenvalue weighted by molar-refractivity contribution is 6.32. The van der Waals surface area contributed by atoms with Crippen LogP contribution < -0.4 is 0 Å². The summed E-state index contributed by atoms with van der Waals surface area (Å²) in [6.07, 6.45) is -4.57. The van der Waals surface area contributed by atoms with Crippen molar-refractivity contribution in [1.82, 2.24) is 4.98 Å². The van der Waals surface area contributed by atoms with E-state index in [0.717, 1.165) is 12.1 Å². The molecule has 0 bridgehead atoms. The summed E-state index contributed by atoms with van der Waals surface area (Å²) in [5, 5.41) is 8.56. The normalized spacial score (nSPS) is 12.0. The number of hydrogen-bond donors (Lipinski definition) is 2. The molecule has 7 heteroatoms. The number of benzene rings is 1. The number of nitrogens with one attached hydrogen (secondary N) is 1. The number of aromatic amines is 1. The number of H-pyrrole nitrogens is 1. The maximum absolute atomic E-state index is 12.5. The topological polar surface area (TPSA) is 53.1 Å². The highest BCUT2D eigenvalue weighted by atomic mass is 35.5. The summed E-state index contributed by atoms with van der Waals surface area (Å²) in [4.78, 5) is 13.0. The molecule has 0 atom stereocenters. The van der Waals surface area contributed by atoms with E-state index < -0.39 is 22.7 Å². The SMILES string of the molecule is O=C(O)c1cc2cc(Cl)c(C(F)(F)F)cc2[nH]1. The van der Waals surface area contributed by atoms with Crippen LogP contribution in [0.1, 0.15) is 16.1 Å². The molecule has 1 heterocycles. The first-order valence-corrected chi connectivity index (χ1v) is 4.79. The zero-order chi connectivity index (χ0) is 12.8. The number of alkyl halides is 3. The van der Waals surface area contributed by atoms with Crippen molar-refractivity contribution < 1.29 is 23.1 Å². The van der Waals surface area contributed by atoms with Gasteiger partial charge in [0, 0.05) is 10.9 Å². The van der Waals surface area contributed by atoms with E-state index in [0.29, 0.717) is 5.39 Å². The fraction of sp³-hybridized carbons (Fsp3) is 0.100. The standard InChI is InChI=1S/C10H5ClF3NO2/c11-6-1-4-2-8(9(16)17)15-7(4)3-5(6)10(12,13)14/h1-3,15H,(H,16,17). The first kappa shape index (κ1) is 11.8. The van der Waals surface area contributed by atoms with Gasteiger partial charge in [-0.3, -0.25) is 0 Å². The maximum Gasteiger partial charge on any atom is 0.417 e. The minimum Gasteiger partial charge on any atom is -0.477 e. The zero-order valence-electron chi connectivity index (χ0n) is 8.10. The number of hydrogen-bond acceptors (Lipinski definition) is 1. The molecule has 0 fully saturated rings. The van der Waals surface area contributed by atoms with Crippen LogP contribution in [0.5, 0.6) is 0 Å². The predicted octanol–water partition coefficient (Wildman–Crippen LogP) is 3.54. The minimum atomic E-state index is -4.57. The van der Waals surface area contributed by atoms with Gasteiger partial charge < -0.3 is 10.1 Å². The Balaban J connectivity index is 2.68. The molecule has 0 amide bonds. The second-order valence-electron chi connectivity index (χ2n) is 3.41. The Morgan fingerprint density at radius 1 is 1.29 bits per heavy atom. The second-order valence-corrected chi connectivity index (χ2v) is 3.81. The molecular formula is C10H5ClF3NO2. The van der Waals surface area contributed by atoms with E-state index in [-0.39, 0.29) is 11.2 Å². The van der Waals surface area contributed by atoms with Crippen molar-refractivity contribution in [2.75, 3.05) is 0 Å². The van der Waals surface area contributed by atoms with Gasteiger partial charge in [-0.25, -0.2) is 4.79 Å². The van der Waals surface area contributed by atoms with Crippen molar-refractivity contribution in [2.45, 2.75) is 6.18 Å². The lowest BCUT2D eigenvalue weighted by atomic mass is 10.1. The minimum absolute atomic E-state index is 0.0825. The Kier molecular flexibility index (Phi) is 2.54. The predicted molar refractivity (Wildman–Crippen MR) is 55.3 cm³/mol. The quantitative estimate of drug-likeness (QED) is 0.827. The van der Waals surface area contributed by atoms with E-state index in [4.69, 9.17) is 16.7 Å². The fourth-order valence-electron chi connectivity index (χ4n) is 1.49. The van der Waals surface area contributed by atoms with E-state index in [1.807, 2.05) is 0 Å². The second kappa shape index (κ2) is 3.66. The molecule has 2 N–H and O–H groups in total. The van der Waals surface area contributed by atoms with Crippen molar-refractivity contribution in [3.8, 4) is 0 Å². The molecule has 0 aliphatic heterocycles. The van der Waals surface area contributed by atoms with E-state index in [1.165, 1.54) is 6.07 Å². The average molecular weight is 264 g/mol. The van der Waals surface area contributed by atoms with Crippen molar-refractivity contribution in [1.29, 1.82) is 0 Å². The molecule has 1 aromatic carbocycles. The summed E-state index contributed by atoms with van der Waals surface area (Å²) in [5.41, 5.74) is -1.10. The third-order valence-electron chi connectivity index (χ3n) is 2.24. The third-order valence-corrected chi connectivity index (χ3v) is 2.56. The van der Waals surface area contributed by atoms with Crippen LogP contribution in [0.3, 0.4) is 0 Å². The van der Waals surface area contributed by atoms with E-state index in [9.17, 15) is 18.0 Å². The van der Waals surface area contributed by atoms with Gasteiger partial charge in [-0.1, -0.05) is 11.6 Å². The smallest absolute Gasteiger partial charge is 0.417 e. The van der Waals surface area contributed by atoms with Gasteiger partial charge in [-0.15, -0.1) is 0 Å². The summed E-state index contributed by atoms with van der Waals surface area (Å²) in [6, 6.07) is 3.11. The number of carbonyl (C=O) groups is 1. The molecule has 1 aromatic heterocycles. The highest BCUT2D eigenvalue weighted by Gasteiger charge is 2.33. The van der Waals surface area contributed by atoms with Crippen molar-refractivity contribution >= 4 is 28.5 Å². The number of aromatic nitrogens is 1. The van der Waals surface area contributed by atoms with Gasteiger partial charge >= 0.3 is 12.1 Å². The van der Waals surface area contributed by atoms with E-state index >= 15 is 0 Å². The van der Waals surface area contributed by atoms with Gasteiger partial charge in [0.15, 0.2) is 0 Å². The van der Waals surface area contributed by atoms with E-state index in [2.05, 4.69) is 4.98 Å². The van der Waals surface area contributed by atoms with Crippen LogP contribution in [0, 0.1) is 0 Å². The number of fused-ring (bicyclic) bond motifs is 1. The summed E-state index contributed by atoms with van der Waals surface area (Å²) < 4.78 is 37.6. The van der Waals surface area contributed by atoms with Crippen molar-refractivity contribution in [2.24, 2.45) is 0 Å². The first-order valence-electron chi connectivity index (χ1n) is 4.42. The molecule has 17 heavy (non-hydrogen) atoms. The fourth-order valence-corrected chi connectivity index (χ4v) is 1.76. The highest BCUT2D eigenvalue weighted by Crippen LogP contribution is 2.37. The molecule has 0 saturated heterocycles. The lowest BCUT2D eigenvalue weighted by Crippen LogP contribution is -2.05. The Labute approximate surface area is 97.8 Å². The molecule has 90 valence electrons. The van der Waals surface area contributed by atoms with E-state index in [1.54, 1.807) is 0 Å². The van der Waals surface area contributed by atoms with Gasteiger partial charge in [-0.05, 0) is 18.2 Å². The van der Waals surface area contributed by atoms with Crippen LogP contribution in [0.4, 0.5) is 13.2 Å². The van der Waals surface area contributed by atoms with Gasteiger partial charge in [0.25, 0.3) is 0 Å². The van der Waals surface area contributed by atoms with Crippen LogP contribution in [0.25, 0.3) is 10.9 Å².